The highest BCUT2D eigenvalue weighted by Crippen LogP contribution is 2.23. The molecule has 22 heavy (non-hydrogen) atoms. The Labute approximate surface area is 137 Å². The molecule has 0 heterocycles. The summed E-state index contributed by atoms with van der Waals surface area (Å²) in [5.41, 5.74) is 1.96. The summed E-state index contributed by atoms with van der Waals surface area (Å²) in [6.07, 6.45) is 0. The van der Waals surface area contributed by atoms with Crippen LogP contribution in [0.25, 0.3) is 0 Å². The average Bonchev–Trinajstić information content (AvgIpc) is 2.46. The van der Waals surface area contributed by atoms with Crippen molar-refractivity contribution < 1.29 is 8.42 Å². The molecule has 0 aromatic heterocycles. The lowest BCUT2D eigenvalue weighted by Gasteiger charge is -2.19. The first-order valence-corrected chi connectivity index (χ1v) is 8.89. The Balaban J connectivity index is 2.11. The van der Waals surface area contributed by atoms with Gasteiger partial charge in [-0.25, -0.2) is 13.1 Å². The first kappa shape index (κ1) is 17.0. The quantitative estimate of drug-likeness (QED) is 0.912. The van der Waals surface area contributed by atoms with Crippen LogP contribution in [0.3, 0.4) is 0 Å². The van der Waals surface area contributed by atoms with Crippen molar-refractivity contribution in [2.24, 2.45) is 0 Å². The average molecular weight is 338 g/mol. The van der Waals surface area contributed by atoms with Crippen LogP contribution in [0.1, 0.15) is 31.9 Å². The van der Waals surface area contributed by atoms with Gasteiger partial charge in [-0.3, -0.25) is 0 Å². The van der Waals surface area contributed by atoms with Gasteiger partial charge in [0.2, 0.25) is 10.0 Å². The van der Waals surface area contributed by atoms with Crippen LogP contribution in [0.5, 0.6) is 0 Å². The van der Waals surface area contributed by atoms with Gasteiger partial charge in [0.05, 0.1) is 4.90 Å². The van der Waals surface area contributed by atoms with Crippen molar-refractivity contribution in [2.75, 3.05) is 0 Å². The first-order chi connectivity index (χ1) is 10.2. The molecule has 0 amide bonds. The van der Waals surface area contributed by atoms with Gasteiger partial charge in [-0.1, -0.05) is 56.6 Å². The van der Waals surface area contributed by atoms with Crippen LogP contribution in [0.4, 0.5) is 0 Å². The van der Waals surface area contributed by atoms with Gasteiger partial charge in [-0.2, -0.15) is 0 Å². The highest BCUT2D eigenvalue weighted by molar-refractivity contribution is 7.89. The predicted molar refractivity (Wildman–Crippen MR) is 90.6 cm³/mol. The van der Waals surface area contributed by atoms with E-state index in [2.05, 4.69) is 25.5 Å². The molecule has 0 bridgehead atoms. The third kappa shape index (κ3) is 4.32. The maximum Gasteiger partial charge on any atom is 0.240 e. The Morgan fingerprint density at radius 3 is 2.00 bits per heavy atom. The molecule has 3 nitrogen and oxygen atoms in total. The molecule has 0 radical (unpaired) electrons. The maximum absolute atomic E-state index is 12.3. The third-order valence-electron chi connectivity index (χ3n) is 3.41. The number of hydrogen-bond acceptors (Lipinski definition) is 2. The van der Waals surface area contributed by atoms with Crippen molar-refractivity contribution in [1.82, 2.24) is 4.72 Å². The molecule has 0 saturated carbocycles. The summed E-state index contributed by atoms with van der Waals surface area (Å²) in [6, 6.07) is 14.1. The van der Waals surface area contributed by atoms with Crippen LogP contribution in [-0.4, -0.2) is 8.42 Å². The van der Waals surface area contributed by atoms with Crippen molar-refractivity contribution in [3.8, 4) is 0 Å². The highest BCUT2D eigenvalue weighted by atomic mass is 35.5. The normalized spacial score (nSPS) is 12.4. The summed E-state index contributed by atoms with van der Waals surface area (Å²) < 4.78 is 27.2. The lowest BCUT2D eigenvalue weighted by molar-refractivity contribution is 0.578. The van der Waals surface area contributed by atoms with E-state index >= 15 is 0 Å². The SMILES string of the molecule is CC(C)(C)c1ccc(S(=O)(=O)NCc2ccc(Cl)cc2)cc1. The van der Waals surface area contributed by atoms with Crippen LogP contribution in [-0.2, 0) is 22.0 Å². The minimum atomic E-state index is -3.51. The van der Waals surface area contributed by atoms with E-state index < -0.39 is 10.0 Å². The number of nitrogens with one attached hydrogen (secondary N) is 1. The van der Waals surface area contributed by atoms with Gasteiger partial charge in [-0.15, -0.1) is 0 Å². The van der Waals surface area contributed by atoms with Crippen molar-refractivity contribution in [3.63, 3.8) is 0 Å². The molecule has 2 aromatic rings. The van der Waals surface area contributed by atoms with Gasteiger partial charge < -0.3 is 0 Å². The summed E-state index contributed by atoms with van der Waals surface area (Å²) in [6.45, 7) is 6.51. The molecular weight excluding hydrogens is 318 g/mol. The van der Waals surface area contributed by atoms with E-state index in [9.17, 15) is 8.42 Å². The molecule has 0 atom stereocenters. The fraction of sp³-hybridized carbons (Fsp3) is 0.294. The molecule has 0 fully saturated rings. The zero-order chi connectivity index (χ0) is 16.4. The molecule has 0 unspecified atom stereocenters. The van der Waals surface area contributed by atoms with Crippen LogP contribution < -0.4 is 4.72 Å². The Kier molecular flexibility index (Phi) is 4.95. The minimum Gasteiger partial charge on any atom is -0.207 e. The second-order valence-electron chi connectivity index (χ2n) is 6.23. The number of hydrogen-bond donors (Lipinski definition) is 1. The number of halogens is 1. The van der Waals surface area contributed by atoms with Gasteiger partial charge in [-0.05, 0) is 40.8 Å². The van der Waals surface area contributed by atoms with Crippen molar-refractivity contribution >= 4 is 21.6 Å². The Morgan fingerprint density at radius 1 is 0.955 bits per heavy atom. The van der Waals surface area contributed by atoms with Crippen LogP contribution in [0.15, 0.2) is 53.4 Å². The van der Waals surface area contributed by atoms with E-state index in [4.69, 9.17) is 11.6 Å². The highest BCUT2D eigenvalue weighted by Gasteiger charge is 2.17. The van der Waals surface area contributed by atoms with E-state index in [1.54, 1.807) is 36.4 Å². The van der Waals surface area contributed by atoms with Crippen LogP contribution in [0, 0.1) is 0 Å². The van der Waals surface area contributed by atoms with Gasteiger partial charge in [0.25, 0.3) is 0 Å². The molecule has 2 aromatic carbocycles. The summed E-state index contributed by atoms with van der Waals surface area (Å²) in [7, 11) is -3.51. The number of rotatable bonds is 4. The van der Waals surface area contributed by atoms with Crippen molar-refractivity contribution in [1.29, 1.82) is 0 Å². The third-order valence-corrected chi connectivity index (χ3v) is 5.08. The Hall–Kier alpha value is -1.36. The van der Waals surface area contributed by atoms with Crippen molar-refractivity contribution in [2.45, 2.75) is 37.6 Å². The molecule has 0 spiro atoms. The molecule has 5 heteroatoms. The lowest BCUT2D eigenvalue weighted by Crippen LogP contribution is -2.23. The minimum absolute atomic E-state index is 0.000965. The topological polar surface area (TPSA) is 46.2 Å². The summed E-state index contributed by atoms with van der Waals surface area (Å²) in [5, 5.41) is 0.629. The predicted octanol–water partition coefficient (Wildman–Crippen LogP) is 4.12. The summed E-state index contributed by atoms with van der Waals surface area (Å²) >= 11 is 5.81. The molecule has 0 saturated heterocycles. The second-order valence-corrected chi connectivity index (χ2v) is 8.43. The molecular formula is C17H20ClNO2S. The molecule has 118 valence electrons. The number of benzene rings is 2. The van der Waals surface area contributed by atoms with Crippen LogP contribution in [0.2, 0.25) is 5.02 Å². The Bertz CT molecular complexity index is 730. The molecule has 0 aliphatic heterocycles. The zero-order valence-electron chi connectivity index (χ0n) is 12.9. The Morgan fingerprint density at radius 2 is 1.50 bits per heavy atom. The van der Waals surface area contributed by atoms with E-state index in [0.29, 0.717) is 5.02 Å². The fourth-order valence-electron chi connectivity index (χ4n) is 2.00. The molecule has 1 N–H and O–H groups in total. The van der Waals surface area contributed by atoms with Gasteiger partial charge >= 0.3 is 0 Å². The molecule has 2 rings (SSSR count). The standard InChI is InChI=1S/C17H20ClNO2S/c1-17(2,3)14-6-10-16(11-7-14)22(20,21)19-12-13-4-8-15(18)9-5-13/h4-11,19H,12H2,1-3H3. The van der Waals surface area contributed by atoms with Crippen LogP contribution >= 0.6 is 11.6 Å². The summed E-state index contributed by atoms with van der Waals surface area (Å²) in [4.78, 5) is 0.273. The maximum atomic E-state index is 12.3. The van der Waals surface area contributed by atoms with E-state index in [0.717, 1.165) is 11.1 Å². The smallest absolute Gasteiger partial charge is 0.207 e. The zero-order valence-corrected chi connectivity index (χ0v) is 14.5. The fourth-order valence-corrected chi connectivity index (χ4v) is 3.14. The largest absolute Gasteiger partial charge is 0.240 e. The molecule has 0 aliphatic carbocycles. The van der Waals surface area contributed by atoms with Gasteiger partial charge in [0, 0.05) is 11.6 Å². The van der Waals surface area contributed by atoms with Gasteiger partial charge in [0.15, 0.2) is 0 Å². The monoisotopic (exact) mass is 337 g/mol. The second kappa shape index (κ2) is 6.41. The van der Waals surface area contributed by atoms with E-state index in [1.165, 1.54) is 0 Å². The number of sulfonamides is 1. The first-order valence-electron chi connectivity index (χ1n) is 7.03. The van der Waals surface area contributed by atoms with E-state index in [-0.39, 0.29) is 16.9 Å². The van der Waals surface area contributed by atoms with E-state index in [1.807, 2.05) is 12.1 Å². The van der Waals surface area contributed by atoms with Gasteiger partial charge in [0.1, 0.15) is 0 Å². The lowest BCUT2D eigenvalue weighted by atomic mass is 9.87. The van der Waals surface area contributed by atoms with Crippen molar-refractivity contribution in [3.05, 3.63) is 64.7 Å². The summed E-state index contributed by atoms with van der Waals surface area (Å²) in [5.74, 6) is 0. The molecule has 0 aliphatic rings.